The van der Waals surface area contributed by atoms with E-state index in [1.165, 1.54) is 24.3 Å². The van der Waals surface area contributed by atoms with E-state index >= 15 is 0 Å². The van der Waals surface area contributed by atoms with Crippen molar-refractivity contribution in [3.8, 4) is 5.75 Å². The normalized spacial score (nSPS) is 21.4. The van der Waals surface area contributed by atoms with Gasteiger partial charge in [-0.1, -0.05) is 30.4 Å². The largest absolute Gasteiger partial charge is 0.507 e. The first-order valence-electron chi connectivity index (χ1n) is 5.15. The van der Waals surface area contributed by atoms with Crippen molar-refractivity contribution < 1.29 is 20.1 Å². The van der Waals surface area contributed by atoms with Crippen molar-refractivity contribution in [2.45, 2.75) is 5.79 Å². The van der Waals surface area contributed by atoms with E-state index in [0.29, 0.717) is 0 Å². The van der Waals surface area contributed by atoms with Gasteiger partial charge < -0.3 is 15.3 Å². The zero-order chi connectivity index (χ0) is 12.5. The average Bonchev–Trinajstić information content (AvgIpc) is 2.28. The van der Waals surface area contributed by atoms with E-state index in [4.69, 9.17) is 0 Å². The topological polar surface area (TPSA) is 77.8 Å². The zero-order valence-electron chi connectivity index (χ0n) is 8.95. The van der Waals surface area contributed by atoms with E-state index in [0.717, 1.165) is 6.08 Å². The van der Waals surface area contributed by atoms with Gasteiger partial charge in [-0.3, -0.25) is 4.79 Å². The molecule has 0 amide bonds. The first kappa shape index (κ1) is 11.6. The molecule has 0 aromatic heterocycles. The number of ketones is 1. The minimum Gasteiger partial charge on any atom is -0.507 e. The van der Waals surface area contributed by atoms with Crippen LogP contribution in [0.4, 0.5) is 0 Å². The molecule has 0 aliphatic heterocycles. The molecule has 0 saturated heterocycles. The molecule has 4 heteroatoms. The van der Waals surface area contributed by atoms with Crippen LogP contribution in [-0.2, 0) is 0 Å². The van der Waals surface area contributed by atoms with Crippen molar-refractivity contribution in [1.82, 2.24) is 0 Å². The van der Waals surface area contributed by atoms with Gasteiger partial charge in [0.05, 0.1) is 11.5 Å². The fourth-order valence-electron chi connectivity index (χ4n) is 1.75. The first-order chi connectivity index (χ1) is 8.02. The summed E-state index contributed by atoms with van der Waals surface area (Å²) in [5.41, 5.74) is 0.0740. The smallest absolute Gasteiger partial charge is 0.196 e. The molecule has 4 nitrogen and oxygen atoms in total. The number of hydrogen-bond donors (Lipinski definition) is 3. The number of carbonyl (C=O) groups is 1. The van der Waals surface area contributed by atoms with Crippen LogP contribution in [-0.4, -0.2) is 26.9 Å². The molecule has 0 saturated carbocycles. The number of aliphatic hydroxyl groups is 2. The Morgan fingerprint density at radius 3 is 2.53 bits per heavy atom. The number of allylic oxidation sites excluding steroid dienone is 2. The average molecular weight is 232 g/mol. The number of Topliss-reactive ketones (excluding diaryl/α,β-unsaturated/α-hetero) is 1. The lowest BCUT2D eigenvalue weighted by molar-refractivity contribution is -0.136. The summed E-state index contributed by atoms with van der Waals surface area (Å²) in [6, 6.07) is 6.02. The van der Waals surface area contributed by atoms with Crippen LogP contribution in [0.5, 0.6) is 5.75 Å². The first-order valence-corrected chi connectivity index (χ1v) is 5.15. The zero-order valence-corrected chi connectivity index (χ0v) is 8.95. The summed E-state index contributed by atoms with van der Waals surface area (Å²) in [6.45, 7) is 0. The molecule has 1 aliphatic carbocycles. The lowest BCUT2D eigenvalue weighted by Crippen LogP contribution is -2.40. The molecule has 0 spiro atoms. The van der Waals surface area contributed by atoms with Crippen LogP contribution in [0, 0.1) is 5.92 Å². The molecular weight excluding hydrogens is 220 g/mol. The van der Waals surface area contributed by atoms with Crippen LogP contribution in [0.25, 0.3) is 0 Å². The SMILES string of the molecule is O=C(c1ccccc1O)C1C=CC=CC1(O)O. The minimum atomic E-state index is -2.21. The Morgan fingerprint density at radius 2 is 1.88 bits per heavy atom. The van der Waals surface area contributed by atoms with E-state index in [-0.39, 0.29) is 11.3 Å². The Bertz CT molecular complexity index is 500. The molecule has 1 aromatic rings. The highest BCUT2D eigenvalue weighted by Crippen LogP contribution is 2.28. The lowest BCUT2D eigenvalue weighted by atomic mass is 9.86. The second-order valence-electron chi connectivity index (χ2n) is 3.89. The molecule has 0 fully saturated rings. The summed E-state index contributed by atoms with van der Waals surface area (Å²) in [5, 5.41) is 28.9. The third-order valence-electron chi connectivity index (χ3n) is 2.67. The highest BCUT2D eigenvalue weighted by atomic mass is 16.5. The number of carbonyl (C=O) groups excluding carboxylic acids is 1. The maximum atomic E-state index is 12.1. The van der Waals surface area contributed by atoms with Crippen molar-refractivity contribution in [3.63, 3.8) is 0 Å². The number of rotatable bonds is 2. The maximum absolute atomic E-state index is 12.1. The van der Waals surface area contributed by atoms with Gasteiger partial charge in [-0.15, -0.1) is 0 Å². The summed E-state index contributed by atoms with van der Waals surface area (Å²) in [7, 11) is 0. The van der Waals surface area contributed by atoms with Crippen molar-refractivity contribution in [2.24, 2.45) is 5.92 Å². The third kappa shape index (κ3) is 2.13. The van der Waals surface area contributed by atoms with Gasteiger partial charge >= 0.3 is 0 Å². The molecule has 1 aliphatic rings. The third-order valence-corrected chi connectivity index (χ3v) is 2.67. The van der Waals surface area contributed by atoms with E-state index < -0.39 is 17.5 Å². The second-order valence-corrected chi connectivity index (χ2v) is 3.89. The standard InChI is InChI=1S/C13H12O4/c14-11-7-2-1-5-9(11)12(15)10-6-3-4-8-13(10,16)17/h1-8,10,14,16-17H. The number of phenols is 1. The fraction of sp³-hybridized carbons (Fsp3) is 0.154. The van der Waals surface area contributed by atoms with Gasteiger partial charge in [0.15, 0.2) is 11.6 Å². The number of para-hydroxylation sites is 1. The molecular formula is C13H12O4. The van der Waals surface area contributed by atoms with E-state index in [2.05, 4.69) is 0 Å². The molecule has 1 atom stereocenters. The molecule has 88 valence electrons. The summed E-state index contributed by atoms with van der Waals surface area (Å²) >= 11 is 0. The number of aromatic hydroxyl groups is 1. The molecule has 1 aromatic carbocycles. The van der Waals surface area contributed by atoms with Gasteiger partial charge in [0.2, 0.25) is 0 Å². The molecule has 0 bridgehead atoms. The Morgan fingerprint density at radius 1 is 1.18 bits per heavy atom. The van der Waals surface area contributed by atoms with Crippen molar-refractivity contribution in [3.05, 3.63) is 54.1 Å². The highest BCUT2D eigenvalue weighted by Gasteiger charge is 2.38. The minimum absolute atomic E-state index is 0.0740. The number of phenolic OH excluding ortho intramolecular Hbond substituents is 1. The second kappa shape index (κ2) is 4.16. The van der Waals surface area contributed by atoms with Gasteiger partial charge in [-0.2, -0.15) is 0 Å². The number of benzene rings is 1. The summed E-state index contributed by atoms with van der Waals surface area (Å²) in [6.07, 6.45) is 5.55. The van der Waals surface area contributed by atoms with Crippen molar-refractivity contribution >= 4 is 5.78 Å². The number of hydrogen-bond acceptors (Lipinski definition) is 4. The van der Waals surface area contributed by atoms with Crippen LogP contribution in [0.2, 0.25) is 0 Å². The quantitative estimate of drug-likeness (QED) is 0.525. The van der Waals surface area contributed by atoms with E-state index in [1.807, 2.05) is 0 Å². The molecule has 3 N–H and O–H groups in total. The van der Waals surface area contributed by atoms with Crippen molar-refractivity contribution in [1.29, 1.82) is 0 Å². The molecule has 17 heavy (non-hydrogen) atoms. The Kier molecular flexibility index (Phi) is 2.83. The van der Waals surface area contributed by atoms with Gasteiger partial charge in [-0.25, -0.2) is 0 Å². The molecule has 2 rings (SSSR count). The van der Waals surface area contributed by atoms with Crippen molar-refractivity contribution in [2.75, 3.05) is 0 Å². The Balaban J connectivity index is 2.36. The van der Waals surface area contributed by atoms with Crippen LogP contribution >= 0.6 is 0 Å². The molecule has 1 unspecified atom stereocenters. The monoisotopic (exact) mass is 232 g/mol. The molecule has 0 heterocycles. The predicted molar refractivity (Wildman–Crippen MR) is 61.4 cm³/mol. The Labute approximate surface area is 98.1 Å². The summed E-state index contributed by atoms with van der Waals surface area (Å²) in [5.74, 6) is -4.03. The lowest BCUT2D eigenvalue weighted by Gasteiger charge is -2.27. The predicted octanol–water partition coefficient (Wildman–Crippen LogP) is 0.998. The maximum Gasteiger partial charge on any atom is 0.196 e. The fourth-order valence-corrected chi connectivity index (χ4v) is 1.75. The molecule has 0 radical (unpaired) electrons. The van der Waals surface area contributed by atoms with Gasteiger partial charge in [-0.05, 0) is 18.2 Å². The Hall–Kier alpha value is -1.91. The van der Waals surface area contributed by atoms with E-state index in [9.17, 15) is 20.1 Å². The van der Waals surface area contributed by atoms with Crippen LogP contribution in [0.15, 0.2) is 48.6 Å². The van der Waals surface area contributed by atoms with Gasteiger partial charge in [0.25, 0.3) is 0 Å². The summed E-state index contributed by atoms with van der Waals surface area (Å²) < 4.78 is 0. The van der Waals surface area contributed by atoms with Crippen LogP contribution < -0.4 is 0 Å². The highest BCUT2D eigenvalue weighted by molar-refractivity contribution is 6.02. The summed E-state index contributed by atoms with van der Waals surface area (Å²) in [4.78, 5) is 12.1. The van der Waals surface area contributed by atoms with Crippen LogP contribution in [0.1, 0.15) is 10.4 Å². The van der Waals surface area contributed by atoms with Gasteiger partial charge in [0, 0.05) is 0 Å². The van der Waals surface area contributed by atoms with Crippen LogP contribution in [0.3, 0.4) is 0 Å². The van der Waals surface area contributed by atoms with E-state index in [1.54, 1.807) is 18.2 Å². The van der Waals surface area contributed by atoms with Gasteiger partial charge in [0.1, 0.15) is 5.75 Å².